The molecule has 0 radical (unpaired) electrons. The third-order valence-corrected chi connectivity index (χ3v) is 6.45. The fourth-order valence-corrected chi connectivity index (χ4v) is 4.20. The van der Waals surface area contributed by atoms with Gasteiger partial charge < -0.3 is 10.1 Å². The SMILES string of the molecule is CC(C)C(C)NC(=O)COC(=O)c1cc(S(=O)(=O)NC2CC2)c(Cl)cc1Cl. The Morgan fingerprint density at radius 1 is 1.19 bits per heavy atom. The van der Waals surface area contributed by atoms with Crippen molar-refractivity contribution in [2.24, 2.45) is 5.92 Å². The fourth-order valence-electron chi connectivity index (χ4n) is 2.05. The van der Waals surface area contributed by atoms with Gasteiger partial charge in [-0.1, -0.05) is 37.0 Å². The van der Waals surface area contributed by atoms with E-state index in [9.17, 15) is 18.0 Å². The Kier molecular flexibility index (Phi) is 7.13. The summed E-state index contributed by atoms with van der Waals surface area (Å²) in [4.78, 5) is 23.8. The highest BCUT2D eigenvalue weighted by molar-refractivity contribution is 7.89. The van der Waals surface area contributed by atoms with Crippen molar-refractivity contribution < 1.29 is 22.7 Å². The Morgan fingerprint density at radius 3 is 2.37 bits per heavy atom. The van der Waals surface area contributed by atoms with E-state index in [1.165, 1.54) is 6.07 Å². The molecule has 150 valence electrons. The van der Waals surface area contributed by atoms with Crippen LogP contribution in [0.4, 0.5) is 0 Å². The molecule has 0 aromatic heterocycles. The van der Waals surface area contributed by atoms with E-state index in [2.05, 4.69) is 10.0 Å². The number of hydrogen-bond donors (Lipinski definition) is 2. The van der Waals surface area contributed by atoms with Crippen LogP contribution in [0, 0.1) is 5.92 Å². The van der Waals surface area contributed by atoms with Gasteiger partial charge in [0.15, 0.2) is 6.61 Å². The smallest absolute Gasteiger partial charge is 0.340 e. The maximum atomic E-state index is 12.4. The zero-order valence-electron chi connectivity index (χ0n) is 15.2. The Hall–Kier alpha value is -1.35. The lowest BCUT2D eigenvalue weighted by Gasteiger charge is -2.17. The Morgan fingerprint density at radius 2 is 1.81 bits per heavy atom. The summed E-state index contributed by atoms with van der Waals surface area (Å²) in [6, 6.07) is 2.03. The molecule has 1 unspecified atom stereocenters. The first-order chi connectivity index (χ1) is 12.5. The number of halogens is 2. The van der Waals surface area contributed by atoms with Crippen LogP contribution in [-0.4, -0.2) is 39.0 Å². The molecule has 1 fully saturated rings. The van der Waals surface area contributed by atoms with Crippen molar-refractivity contribution in [2.75, 3.05) is 6.61 Å². The molecule has 1 atom stereocenters. The minimum Gasteiger partial charge on any atom is -0.452 e. The van der Waals surface area contributed by atoms with E-state index >= 15 is 0 Å². The summed E-state index contributed by atoms with van der Waals surface area (Å²) >= 11 is 12.0. The van der Waals surface area contributed by atoms with Gasteiger partial charge in [-0.15, -0.1) is 0 Å². The third-order valence-electron chi connectivity index (χ3n) is 4.15. The summed E-state index contributed by atoms with van der Waals surface area (Å²) in [7, 11) is -3.88. The van der Waals surface area contributed by atoms with E-state index in [0.717, 1.165) is 18.9 Å². The van der Waals surface area contributed by atoms with Crippen molar-refractivity contribution in [1.29, 1.82) is 0 Å². The van der Waals surface area contributed by atoms with Crippen molar-refractivity contribution in [3.05, 3.63) is 27.7 Å². The quantitative estimate of drug-likeness (QED) is 0.609. The first-order valence-electron chi connectivity index (χ1n) is 8.49. The lowest BCUT2D eigenvalue weighted by molar-refractivity contribution is -0.125. The van der Waals surface area contributed by atoms with Crippen LogP contribution in [0.5, 0.6) is 0 Å². The minimum absolute atomic E-state index is 0.0636. The normalized spacial score (nSPS) is 15.5. The molecule has 0 aliphatic heterocycles. The second-order valence-corrected chi connectivity index (χ2v) is 9.33. The molecule has 2 rings (SSSR count). The topological polar surface area (TPSA) is 102 Å². The molecule has 1 saturated carbocycles. The van der Waals surface area contributed by atoms with Crippen molar-refractivity contribution in [3.8, 4) is 0 Å². The summed E-state index contributed by atoms with van der Waals surface area (Å²) in [5, 5.41) is 2.53. The van der Waals surface area contributed by atoms with Gasteiger partial charge in [-0.2, -0.15) is 0 Å². The highest BCUT2D eigenvalue weighted by atomic mass is 35.5. The molecule has 0 bridgehead atoms. The van der Waals surface area contributed by atoms with Gasteiger partial charge in [-0.3, -0.25) is 4.79 Å². The Balaban J connectivity index is 2.11. The monoisotopic (exact) mass is 436 g/mol. The van der Waals surface area contributed by atoms with Gasteiger partial charge in [0.05, 0.1) is 15.6 Å². The van der Waals surface area contributed by atoms with E-state index in [1.807, 2.05) is 20.8 Å². The molecule has 27 heavy (non-hydrogen) atoms. The predicted molar refractivity (Wildman–Crippen MR) is 103 cm³/mol. The average Bonchev–Trinajstić information content (AvgIpc) is 3.35. The Bertz CT molecular complexity index is 838. The molecule has 1 aliphatic rings. The third kappa shape index (κ3) is 6.07. The van der Waals surface area contributed by atoms with Crippen LogP contribution >= 0.6 is 23.2 Å². The lowest BCUT2D eigenvalue weighted by Crippen LogP contribution is -2.38. The summed E-state index contributed by atoms with van der Waals surface area (Å²) in [5.41, 5.74) is -0.179. The number of esters is 1. The van der Waals surface area contributed by atoms with Gasteiger partial charge in [-0.05, 0) is 37.8 Å². The van der Waals surface area contributed by atoms with Crippen molar-refractivity contribution in [3.63, 3.8) is 0 Å². The van der Waals surface area contributed by atoms with Crippen LogP contribution in [0.1, 0.15) is 44.0 Å². The predicted octanol–water partition coefficient (Wildman–Crippen LogP) is 2.75. The molecule has 1 aromatic rings. The number of ether oxygens (including phenoxy) is 1. The highest BCUT2D eigenvalue weighted by Crippen LogP contribution is 2.31. The van der Waals surface area contributed by atoms with Gasteiger partial charge in [0, 0.05) is 12.1 Å². The molecule has 0 saturated heterocycles. The molecule has 10 heteroatoms. The second-order valence-electron chi connectivity index (χ2n) is 6.83. The number of carbonyl (C=O) groups is 2. The number of amides is 1. The zero-order chi connectivity index (χ0) is 20.4. The summed E-state index contributed by atoms with van der Waals surface area (Å²) in [6.07, 6.45) is 1.51. The average molecular weight is 437 g/mol. The van der Waals surface area contributed by atoms with Gasteiger partial charge in [0.25, 0.3) is 5.91 Å². The standard InChI is InChI=1S/C17H22Cl2N2O5S/c1-9(2)10(3)20-16(22)8-26-17(23)12-6-15(14(19)7-13(12)18)27(24,25)21-11-4-5-11/h6-7,9-11,21H,4-5,8H2,1-3H3,(H,20,22). The number of nitrogens with one attached hydrogen (secondary N) is 2. The molecule has 1 aromatic carbocycles. The Labute approximate surface area is 168 Å². The van der Waals surface area contributed by atoms with E-state index in [-0.39, 0.29) is 38.5 Å². The number of carbonyl (C=O) groups excluding carboxylic acids is 2. The van der Waals surface area contributed by atoms with Crippen molar-refractivity contribution in [1.82, 2.24) is 10.0 Å². The molecule has 0 spiro atoms. The maximum absolute atomic E-state index is 12.4. The van der Waals surface area contributed by atoms with Crippen LogP contribution in [0.2, 0.25) is 10.0 Å². The zero-order valence-corrected chi connectivity index (χ0v) is 17.5. The molecule has 2 N–H and O–H groups in total. The second kappa shape index (κ2) is 8.77. The largest absolute Gasteiger partial charge is 0.452 e. The molecular formula is C17H22Cl2N2O5S. The summed E-state index contributed by atoms with van der Waals surface area (Å²) in [5.74, 6) is -1.15. The molecule has 7 nitrogen and oxygen atoms in total. The summed E-state index contributed by atoms with van der Waals surface area (Å²) in [6.45, 7) is 5.23. The van der Waals surface area contributed by atoms with Crippen LogP contribution < -0.4 is 10.0 Å². The van der Waals surface area contributed by atoms with Gasteiger partial charge in [0.2, 0.25) is 10.0 Å². The van der Waals surface area contributed by atoms with Gasteiger partial charge in [0.1, 0.15) is 4.90 Å². The van der Waals surface area contributed by atoms with Crippen LogP contribution in [0.3, 0.4) is 0 Å². The van der Waals surface area contributed by atoms with E-state index in [1.54, 1.807) is 0 Å². The van der Waals surface area contributed by atoms with Crippen LogP contribution in [0.15, 0.2) is 17.0 Å². The van der Waals surface area contributed by atoms with E-state index in [4.69, 9.17) is 27.9 Å². The van der Waals surface area contributed by atoms with E-state index < -0.39 is 28.5 Å². The molecule has 0 heterocycles. The molecule has 1 amide bonds. The molecular weight excluding hydrogens is 415 g/mol. The van der Waals surface area contributed by atoms with Crippen molar-refractivity contribution >= 4 is 45.1 Å². The lowest BCUT2D eigenvalue weighted by atomic mass is 10.1. The highest BCUT2D eigenvalue weighted by Gasteiger charge is 2.30. The molecule has 1 aliphatic carbocycles. The van der Waals surface area contributed by atoms with E-state index in [0.29, 0.717) is 0 Å². The number of hydrogen-bond acceptors (Lipinski definition) is 5. The van der Waals surface area contributed by atoms with Crippen LogP contribution in [0.25, 0.3) is 0 Å². The first kappa shape index (κ1) is 21.9. The maximum Gasteiger partial charge on any atom is 0.340 e. The minimum atomic E-state index is -3.88. The van der Waals surface area contributed by atoms with Crippen LogP contribution in [-0.2, 0) is 19.6 Å². The fraction of sp³-hybridized carbons (Fsp3) is 0.529. The van der Waals surface area contributed by atoms with Gasteiger partial charge >= 0.3 is 5.97 Å². The number of sulfonamides is 1. The van der Waals surface area contributed by atoms with Gasteiger partial charge in [-0.25, -0.2) is 17.9 Å². The number of benzene rings is 1. The summed E-state index contributed by atoms with van der Waals surface area (Å²) < 4.78 is 32.2. The van der Waals surface area contributed by atoms with Crippen molar-refractivity contribution in [2.45, 2.75) is 50.6 Å². The number of rotatable bonds is 8. The first-order valence-corrected chi connectivity index (χ1v) is 10.7.